The normalized spacial score (nSPS) is 12.1. The van der Waals surface area contributed by atoms with Crippen LogP contribution < -0.4 is 5.73 Å². The number of sulfonamides is 1. The van der Waals surface area contributed by atoms with Gasteiger partial charge in [-0.05, 0) is 12.1 Å². The van der Waals surface area contributed by atoms with Crippen molar-refractivity contribution in [1.82, 2.24) is 4.31 Å². The van der Waals surface area contributed by atoms with Crippen LogP contribution in [0.5, 0.6) is 0 Å². The monoisotopic (exact) mass is 294 g/mol. The lowest BCUT2D eigenvalue weighted by Crippen LogP contribution is -2.34. The van der Waals surface area contributed by atoms with Crippen molar-refractivity contribution in [2.75, 3.05) is 32.5 Å². The molecular weight excluding hydrogens is 278 g/mol. The van der Waals surface area contributed by atoms with Crippen LogP contribution in [-0.4, -0.2) is 39.5 Å². The Morgan fingerprint density at radius 3 is 2.53 bits per heavy atom. The number of hydrogen-bond donors (Lipinski definition) is 1. The van der Waals surface area contributed by atoms with Crippen LogP contribution in [0.2, 0.25) is 0 Å². The van der Waals surface area contributed by atoms with Gasteiger partial charge in [0.1, 0.15) is 16.4 Å². The Morgan fingerprint density at radius 2 is 2.00 bits per heavy atom. The summed E-state index contributed by atoms with van der Waals surface area (Å²) < 4.78 is 57.1. The van der Waals surface area contributed by atoms with E-state index in [0.29, 0.717) is 0 Å². The van der Waals surface area contributed by atoms with Gasteiger partial charge in [-0.25, -0.2) is 17.2 Å². The fourth-order valence-corrected chi connectivity index (χ4v) is 3.04. The summed E-state index contributed by atoms with van der Waals surface area (Å²) in [6.07, 6.45) is 0. The first kappa shape index (κ1) is 15.8. The summed E-state index contributed by atoms with van der Waals surface area (Å²) in [6, 6.07) is 1.70. The number of hydrogen-bond acceptors (Lipinski definition) is 4. The highest BCUT2D eigenvalue weighted by atomic mass is 32.2. The van der Waals surface area contributed by atoms with E-state index in [2.05, 4.69) is 0 Å². The number of methoxy groups -OCH3 is 1. The van der Waals surface area contributed by atoms with Gasteiger partial charge in [0, 0.05) is 20.2 Å². The molecule has 19 heavy (non-hydrogen) atoms. The highest BCUT2D eigenvalue weighted by molar-refractivity contribution is 7.89. The van der Waals surface area contributed by atoms with Crippen LogP contribution in [0.1, 0.15) is 6.92 Å². The minimum Gasteiger partial charge on any atom is -0.394 e. The molecule has 0 amide bonds. The summed E-state index contributed by atoms with van der Waals surface area (Å²) in [5.74, 6) is -2.26. The van der Waals surface area contributed by atoms with Gasteiger partial charge < -0.3 is 10.5 Å². The molecule has 0 bridgehead atoms. The van der Waals surface area contributed by atoms with Gasteiger partial charge in [-0.2, -0.15) is 4.31 Å². The first-order valence-corrected chi connectivity index (χ1v) is 7.02. The zero-order chi connectivity index (χ0) is 14.6. The lowest BCUT2D eigenvalue weighted by atomic mass is 10.3. The molecule has 0 aliphatic rings. The molecule has 108 valence electrons. The minimum absolute atomic E-state index is 0.0755. The summed E-state index contributed by atoms with van der Waals surface area (Å²) in [5, 5.41) is 0. The van der Waals surface area contributed by atoms with Crippen molar-refractivity contribution in [3.8, 4) is 0 Å². The maximum absolute atomic E-state index is 13.8. The van der Waals surface area contributed by atoms with Crippen molar-refractivity contribution < 1.29 is 21.9 Å². The van der Waals surface area contributed by atoms with Crippen molar-refractivity contribution in [3.63, 3.8) is 0 Å². The molecule has 0 spiro atoms. The number of rotatable bonds is 6. The van der Waals surface area contributed by atoms with Crippen molar-refractivity contribution in [2.45, 2.75) is 11.8 Å². The molecule has 0 radical (unpaired) electrons. The third-order valence-electron chi connectivity index (χ3n) is 2.61. The number of nitrogens with zero attached hydrogens (tertiary/aromatic N) is 1. The standard InChI is InChI=1S/C11H16F2N2O3S/c1-3-15(6-7-18-2)19(16,17)9-5-4-8(12)11(14)10(9)13/h4-5H,3,6-7,14H2,1-2H3. The maximum Gasteiger partial charge on any atom is 0.246 e. The third-order valence-corrected chi connectivity index (χ3v) is 4.60. The molecule has 5 nitrogen and oxygen atoms in total. The molecule has 0 atom stereocenters. The first-order chi connectivity index (χ1) is 8.86. The molecule has 0 saturated carbocycles. The Labute approximate surface area is 111 Å². The molecule has 0 heterocycles. The summed E-state index contributed by atoms with van der Waals surface area (Å²) in [4.78, 5) is -0.635. The molecule has 0 saturated heterocycles. The van der Waals surface area contributed by atoms with Crippen LogP contribution in [0, 0.1) is 11.6 Å². The molecule has 0 unspecified atom stereocenters. The summed E-state index contributed by atoms with van der Waals surface area (Å²) >= 11 is 0. The smallest absolute Gasteiger partial charge is 0.246 e. The zero-order valence-electron chi connectivity index (χ0n) is 10.7. The Morgan fingerprint density at radius 1 is 1.37 bits per heavy atom. The third kappa shape index (κ3) is 3.20. The largest absolute Gasteiger partial charge is 0.394 e. The molecular formula is C11H16F2N2O3S. The average molecular weight is 294 g/mol. The molecule has 1 aromatic rings. The number of likely N-dealkylation sites (N-methyl/N-ethyl adjacent to an activating group) is 1. The zero-order valence-corrected chi connectivity index (χ0v) is 11.5. The average Bonchev–Trinajstić information content (AvgIpc) is 2.36. The predicted molar refractivity (Wildman–Crippen MR) is 67.1 cm³/mol. The van der Waals surface area contributed by atoms with Crippen LogP contribution in [-0.2, 0) is 14.8 Å². The summed E-state index contributed by atoms with van der Waals surface area (Å²) in [5.41, 5.74) is 4.36. The molecule has 1 aromatic carbocycles. The van der Waals surface area contributed by atoms with Gasteiger partial charge in [0.05, 0.1) is 6.61 Å². The Bertz CT molecular complexity index is 549. The lowest BCUT2D eigenvalue weighted by Gasteiger charge is -2.20. The van der Waals surface area contributed by atoms with E-state index < -0.39 is 32.2 Å². The van der Waals surface area contributed by atoms with Crippen molar-refractivity contribution >= 4 is 15.7 Å². The van der Waals surface area contributed by atoms with Gasteiger partial charge in [0.15, 0.2) is 5.82 Å². The van der Waals surface area contributed by atoms with E-state index in [1.54, 1.807) is 6.92 Å². The molecule has 0 aliphatic heterocycles. The quantitative estimate of drug-likeness (QED) is 0.800. The number of halogens is 2. The van der Waals surface area contributed by atoms with E-state index in [9.17, 15) is 17.2 Å². The number of nitrogens with two attached hydrogens (primary N) is 1. The number of nitrogen functional groups attached to an aromatic ring is 1. The summed E-state index contributed by atoms with van der Waals surface area (Å²) in [6.45, 7) is 2.00. The van der Waals surface area contributed by atoms with Gasteiger partial charge >= 0.3 is 0 Å². The molecule has 0 aromatic heterocycles. The van der Waals surface area contributed by atoms with Crippen LogP contribution in [0.3, 0.4) is 0 Å². The SMILES string of the molecule is CCN(CCOC)S(=O)(=O)c1ccc(F)c(N)c1F. The van der Waals surface area contributed by atoms with Gasteiger partial charge in [0.2, 0.25) is 10.0 Å². The maximum atomic E-state index is 13.8. The van der Waals surface area contributed by atoms with Crippen LogP contribution in [0.15, 0.2) is 17.0 Å². The first-order valence-electron chi connectivity index (χ1n) is 5.58. The topological polar surface area (TPSA) is 72.6 Å². The second kappa shape index (κ2) is 6.27. The van der Waals surface area contributed by atoms with E-state index in [4.69, 9.17) is 10.5 Å². The Balaban J connectivity index is 3.22. The second-order valence-electron chi connectivity index (χ2n) is 3.76. The fraction of sp³-hybridized carbons (Fsp3) is 0.455. The van der Waals surface area contributed by atoms with Gasteiger partial charge in [-0.15, -0.1) is 0 Å². The molecule has 0 fully saturated rings. The van der Waals surface area contributed by atoms with E-state index in [1.165, 1.54) is 7.11 Å². The van der Waals surface area contributed by atoms with Crippen molar-refractivity contribution in [2.24, 2.45) is 0 Å². The van der Waals surface area contributed by atoms with Gasteiger partial charge in [0.25, 0.3) is 0 Å². The lowest BCUT2D eigenvalue weighted by molar-refractivity contribution is 0.180. The predicted octanol–water partition coefficient (Wildman–Crippen LogP) is 1.20. The highest BCUT2D eigenvalue weighted by Gasteiger charge is 2.28. The van der Waals surface area contributed by atoms with E-state index >= 15 is 0 Å². The molecule has 1 rings (SSSR count). The van der Waals surface area contributed by atoms with Crippen molar-refractivity contribution in [3.05, 3.63) is 23.8 Å². The summed E-state index contributed by atoms with van der Waals surface area (Å²) in [7, 11) is -2.63. The number of anilines is 1. The highest BCUT2D eigenvalue weighted by Crippen LogP contribution is 2.25. The second-order valence-corrected chi connectivity index (χ2v) is 5.67. The number of benzene rings is 1. The fourth-order valence-electron chi connectivity index (χ4n) is 1.53. The molecule has 8 heteroatoms. The Hall–Kier alpha value is -1.25. The van der Waals surface area contributed by atoms with Crippen LogP contribution in [0.25, 0.3) is 0 Å². The van der Waals surface area contributed by atoms with Crippen LogP contribution >= 0.6 is 0 Å². The molecule has 2 N–H and O–H groups in total. The van der Waals surface area contributed by atoms with E-state index in [1.807, 2.05) is 0 Å². The molecule has 0 aliphatic carbocycles. The van der Waals surface area contributed by atoms with Gasteiger partial charge in [-0.3, -0.25) is 0 Å². The van der Waals surface area contributed by atoms with Gasteiger partial charge in [-0.1, -0.05) is 6.92 Å². The van der Waals surface area contributed by atoms with E-state index in [-0.39, 0.29) is 19.7 Å². The minimum atomic E-state index is -4.06. The Kier molecular flexibility index (Phi) is 5.21. The van der Waals surface area contributed by atoms with Crippen LogP contribution in [0.4, 0.5) is 14.5 Å². The number of ether oxygens (including phenoxy) is 1. The van der Waals surface area contributed by atoms with Crippen molar-refractivity contribution in [1.29, 1.82) is 0 Å². The van der Waals surface area contributed by atoms with E-state index in [0.717, 1.165) is 16.4 Å².